The summed E-state index contributed by atoms with van der Waals surface area (Å²) in [6.45, 7) is -0.185. The summed E-state index contributed by atoms with van der Waals surface area (Å²) in [6, 6.07) is 1.60. The van der Waals surface area contributed by atoms with Crippen molar-refractivity contribution in [1.29, 1.82) is 0 Å². The summed E-state index contributed by atoms with van der Waals surface area (Å²) < 4.78 is 38.1. The van der Waals surface area contributed by atoms with E-state index in [2.05, 4.69) is 10.0 Å². The number of aliphatic hydroxyl groups is 2. The lowest BCUT2D eigenvalue weighted by molar-refractivity contribution is -0.385. The van der Waals surface area contributed by atoms with E-state index in [-0.39, 0.29) is 13.0 Å². The first-order valence-corrected chi connectivity index (χ1v) is 5.90. The molecule has 2 unspecified atom stereocenters. The van der Waals surface area contributed by atoms with Crippen LogP contribution in [0.25, 0.3) is 10.4 Å². The van der Waals surface area contributed by atoms with Crippen molar-refractivity contribution in [1.82, 2.24) is 0 Å². The Morgan fingerprint density at radius 1 is 1.36 bits per heavy atom. The maximum atomic E-state index is 12.7. The third-order valence-corrected chi connectivity index (χ3v) is 2.77. The van der Waals surface area contributed by atoms with Gasteiger partial charge in [-0.1, -0.05) is 5.11 Å². The molecular weight excluding hydrogens is 309 g/mol. The number of alkyl halides is 3. The molecule has 1 aromatic rings. The molecule has 0 aliphatic heterocycles. The summed E-state index contributed by atoms with van der Waals surface area (Å²) in [5, 5.41) is 33.2. The molecule has 22 heavy (non-hydrogen) atoms. The normalized spacial score (nSPS) is 14.0. The molecule has 0 saturated carbocycles. The van der Waals surface area contributed by atoms with Crippen molar-refractivity contribution in [3.63, 3.8) is 0 Å². The maximum absolute atomic E-state index is 12.7. The number of non-ortho nitro benzene ring substituents is 1. The molecule has 0 aromatic heterocycles. The highest BCUT2D eigenvalue weighted by Crippen LogP contribution is 2.34. The van der Waals surface area contributed by atoms with Gasteiger partial charge in [0.25, 0.3) is 5.69 Å². The van der Waals surface area contributed by atoms with E-state index in [4.69, 9.17) is 5.53 Å². The Balaban J connectivity index is 3.14. The third-order valence-electron chi connectivity index (χ3n) is 2.77. The van der Waals surface area contributed by atoms with Gasteiger partial charge in [0, 0.05) is 23.6 Å². The van der Waals surface area contributed by atoms with Crippen molar-refractivity contribution in [2.75, 3.05) is 6.54 Å². The Morgan fingerprint density at radius 3 is 2.50 bits per heavy atom. The zero-order valence-electron chi connectivity index (χ0n) is 10.9. The highest BCUT2D eigenvalue weighted by Gasteiger charge is 2.34. The van der Waals surface area contributed by atoms with Crippen LogP contribution in [-0.4, -0.2) is 27.8 Å². The van der Waals surface area contributed by atoms with E-state index >= 15 is 0 Å². The first-order chi connectivity index (χ1) is 10.2. The molecule has 0 saturated heterocycles. The van der Waals surface area contributed by atoms with Crippen LogP contribution in [0.4, 0.5) is 18.9 Å². The van der Waals surface area contributed by atoms with Crippen molar-refractivity contribution in [3.05, 3.63) is 49.9 Å². The summed E-state index contributed by atoms with van der Waals surface area (Å²) >= 11 is 0. The van der Waals surface area contributed by atoms with Gasteiger partial charge in [-0.2, -0.15) is 13.2 Å². The number of hydrogen-bond donors (Lipinski definition) is 2. The second-order valence-electron chi connectivity index (χ2n) is 4.32. The number of hydrogen-bond acceptors (Lipinski definition) is 5. The average Bonchev–Trinajstić information content (AvgIpc) is 2.45. The molecule has 0 spiro atoms. The smallest absolute Gasteiger partial charge is 0.390 e. The van der Waals surface area contributed by atoms with Crippen molar-refractivity contribution in [3.8, 4) is 0 Å². The van der Waals surface area contributed by atoms with Crippen molar-refractivity contribution in [2.24, 2.45) is 5.11 Å². The van der Waals surface area contributed by atoms with Crippen LogP contribution in [0.15, 0.2) is 23.3 Å². The number of halogens is 3. The monoisotopic (exact) mass is 320 g/mol. The van der Waals surface area contributed by atoms with Crippen LogP contribution < -0.4 is 0 Å². The summed E-state index contributed by atoms with van der Waals surface area (Å²) in [6.07, 6.45) is -8.37. The van der Waals surface area contributed by atoms with E-state index in [9.17, 15) is 33.5 Å². The molecular formula is C11H11F3N4O4. The van der Waals surface area contributed by atoms with Crippen molar-refractivity contribution >= 4 is 5.69 Å². The van der Waals surface area contributed by atoms with Gasteiger partial charge in [0.2, 0.25) is 0 Å². The van der Waals surface area contributed by atoms with Gasteiger partial charge >= 0.3 is 6.18 Å². The fourth-order valence-electron chi connectivity index (χ4n) is 1.69. The minimum absolute atomic E-state index is 0.185. The molecule has 0 bridgehead atoms. The molecule has 1 aromatic carbocycles. The van der Waals surface area contributed by atoms with E-state index in [1.54, 1.807) is 0 Å². The van der Waals surface area contributed by atoms with Crippen LogP contribution in [0, 0.1) is 10.1 Å². The number of aliphatic hydroxyl groups excluding tert-OH is 2. The average molecular weight is 320 g/mol. The molecule has 0 aliphatic carbocycles. The highest BCUT2D eigenvalue weighted by molar-refractivity contribution is 5.41. The molecule has 0 radical (unpaired) electrons. The summed E-state index contributed by atoms with van der Waals surface area (Å²) in [7, 11) is 0. The molecule has 0 aliphatic rings. The molecule has 0 amide bonds. The van der Waals surface area contributed by atoms with Crippen LogP contribution in [0.1, 0.15) is 23.7 Å². The Bertz CT molecular complexity index is 601. The fraction of sp³-hybridized carbons (Fsp3) is 0.455. The highest BCUT2D eigenvalue weighted by atomic mass is 19.4. The summed E-state index contributed by atoms with van der Waals surface area (Å²) in [4.78, 5) is 12.1. The molecule has 2 N–H and O–H groups in total. The zero-order chi connectivity index (χ0) is 16.9. The van der Waals surface area contributed by atoms with Crippen LogP contribution in [0.2, 0.25) is 0 Å². The second kappa shape index (κ2) is 7.07. The lowest BCUT2D eigenvalue weighted by Gasteiger charge is -2.18. The molecule has 120 valence electrons. The lowest BCUT2D eigenvalue weighted by Crippen LogP contribution is -2.20. The number of nitro groups is 1. The molecule has 0 fully saturated rings. The van der Waals surface area contributed by atoms with Gasteiger partial charge in [-0.05, 0) is 23.6 Å². The van der Waals surface area contributed by atoms with Crippen molar-refractivity contribution in [2.45, 2.75) is 24.8 Å². The topological polar surface area (TPSA) is 132 Å². The van der Waals surface area contributed by atoms with Gasteiger partial charge in [-0.15, -0.1) is 0 Å². The predicted octanol–water partition coefficient (Wildman–Crippen LogP) is 2.71. The quantitative estimate of drug-likeness (QED) is 0.274. The van der Waals surface area contributed by atoms with Crippen LogP contribution in [-0.2, 0) is 6.18 Å². The first kappa shape index (κ1) is 17.7. The standard InChI is InChI=1S/C11H11F3N4O4/c12-11(13,14)7-3-6(4-8(5-7)18(21)22)10(20)9(19)1-2-16-17-15/h3-5,9-10,19-20H,1-2H2. The van der Waals surface area contributed by atoms with Gasteiger partial charge < -0.3 is 10.2 Å². The van der Waals surface area contributed by atoms with E-state index in [0.717, 1.165) is 6.07 Å². The van der Waals surface area contributed by atoms with Gasteiger partial charge in [0.05, 0.1) is 16.6 Å². The summed E-state index contributed by atoms with van der Waals surface area (Å²) in [5.41, 5.74) is 5.46. The van der Waals surface area contributed by atoms with Crippen molar-refractivity contribution < 1.29 is 28.3 Å². The number of nitro benzene ring substituents is 1. The van der Waals surface area contributed by atoms with Gasteiger partial charge in [0.1, 0.15) is 6.10 Å². The molecule has 8 nitrogen and oxygen atoms in total. The maximum Gasteiger partial charge on any atom is 0.416 e. The Morgan fingerprint density at radius 2 is 2.00 bits per heavy atom. The SMILES string of the molecule is [N-]=[N+]=NCCC(O)C(O)c1cc([N+](=O)[O-])cc(C(F)(F)F)c1. The number of benzene rings is 1. The van der Waals surface area contributed by atoms with Crippen LogP contribution in [0.5, 0.6) is 0 Å². The Labute approximate surface area is 121 Å². The minimum Gasteiger partial charge on any atom is -0.390 e. The van der Waals surface area contributed by atoms with Gasteiger partial charge in [0.15, 0.2) is 0 Å². The molecule has 2 atom stereocenters. The van der Waals surface area contributed by atoms with Crippen LogP contribution in [0.3, 0.4) is 0 Å². The van der Waals surface area contributed by atoms with E-state index in [1.807, 2.05) is 0 Å². The molecule has 11 heteroatoms. The van der Waals surface area contributed by atoms with E-state index < -0.39 is 40.1 Å². The lowest BCUT2D eigenvalue weighted by atomic mass is 9.99. The van der Waals surface area contributed by atoms with E-state index in [0.29, 0.717) is 12.1 Å². The first-order valence-electron chi connectivity index (χ1n) is 5.90. The predicted molar refractivity (Wildman–Crippen MR) is 67.7 cm³/mol. The van der Waals surface area contributed by atoms with Gasteiger partial charge in [-0.25, -0.2) is 0 Å². The summed E-state index contributed by atoms with van der Waals surface area (Å²) in [5.74, 6) is 0. The molecule has 1 rings (SSSR count). The third kappa shape index (κ3) is 4.58. The minimum atomic E-state index is -4.84. The fourth-order valence-corrected chi connectivity index (χ4v) is 1.69. The van der Waals surface area contributed by atoms with E-state index in [1.165, 1.54) is 0 Å². The van der Waals surface area contributed by atoms with Gasteiger partial charge in [-0.3, -0.25) is 10.1 Å². The Hall–Kier alpha value is -2.36. The molecule has 0 heterocycles. The second-order valence-corrected chi connectivity index (χ2v) is 4.32. The number of rotatable bonds is 6. The number of nitrogens with zero attached hydrogens (tertiary/aromatic N) is 4. The largest absolute Gasteiger partial charge is 0.416 e. The van der Waals surface area contributed by atoms with Crippen LogP contribution >= 0.6 is 0 Å². The number of azide groups is 1. The zero-order valence-corrected chi connectivity index (χ0v) is 10.9. The Kier molecular flexibility index (Phi) is 5.69.